The first-order chi connectivity index (χ1) is 7.74. The Morgan fingerprint density at radius 2 is 1.56 bits per heavy atom. The minimum absolute atomic E-state index is 0.408. The molecule has 0 bridgehead atoms. The van der Waals surface area contributed by atoms with Gasteiger partial charge in [0.15, 0.2) is 0 Å². The van der Waals surface area contributed by atoms with Crippen molar-refractivity contribution >= 4 is 18.6 Å². The summed E-state index contributed by atoms with van der Waals surface area (Å²) in [6, 6.07) is 1.15. The highest BCUT2D eigenvalue weighted by Gasteiger charge is 2.40. The van der Waals surface area contributed by atoms with E-state index >= 15 is 0 Å². The van der Waals surface area contributed by atoms with Crippen LogP contribution >= 0.6 is 0 Å². The summed E-state index contributed by atoms with van der Waals surface area (Å²) in [5, 5.41) is 0. The predicted molar refractivity (Wildman–Crippen MR) is 70.8 cm³/mol. The SMILES string of the molecule is CCO[Si](N[SiH2]CCCN)(OCC)OCC. The Balaban J connectivity index is 4.12. The lowest BCUT2D eigenvalue weighted by molar-refractivity contribution is 0.0669. The number of hydrogen-bond donors (Lipinski definition) is 2. The van der Waals surface area contributed by atoms with Crippen molar-refractivity contribution in [2.45, 2.75) is 33.2 Å². The standard InChI is InChI=1S/C9H26N2O3Si2/c1-4-12-16(13-5-2,14-6-3)11-15-9-7-8-10/h11H,4-10,15H2,1-3H3. The van der Waals surface area contributed by atoms with Crippen LogP contribution in [0.25, 0.3) is 0 Å². The average molecular weight is 266 g/mol. The first-order valence-electron chi connectivity index (χ1n) is 6.11. The second-order valence-corrected chi connectivity index (χ2v) is 7.88. The van der Waals surface area contributed by atoms with Crippen molar-refractivity contribution in [3.8, 4) is 0 Å². The maximum Gasteiger partial charge on any atom is 0.589 e. The molecule has 0 unspecified atom stereocenters. The fourth-order valence-corrected chi connectivity index (χ4v) is 6.44. The van der Waals surface area contributed by atoms with E-state index in [0.29, 0.717) is 19.8 Å². The molecule has 0 aliphatic carbocycles. The molecule has 0 atom stereocenters. The molecule has 16 heavy (non-hydrogen) atoms. The van der Waals surface area contributed by atoms with Crippen molar-refractivity contribution in [2.75, 3.05) is 26.4 Å². The third-order valence-corrected chi connectivity index (χ3v) is 7.57. The average Bonchev–Trinajstić information content (AvgIpc) is 2.26. The molecule has 3 N–H and O–H groups in total. The van der Waals surface area contributed by atoms with Crippen molar-refractivity contribution in [3.05, 3.63) is 0 Å². The van der Waals surface area contributed by atoms with Gasteiger partial charge in [0.1, 0.15) is 0 Å². The monoisotopic (exact) mass is 266 g/mol. The molecule has 0 aromatic rings. The van der Waals surface area contributed by atoms with Gasteiger partial charge in [0.2, 0.25) is 0 Å². The van der Waals surface area contributed by atoms with Crippen LogP contribution in [0, 0.1) is 0 Å². The molecule has 7 heteroatoms. The Labute approximate surface area is 102 Å². The van der Waals surface area contributed by atoms with Crippen LogP contribution in [-0.4, -0.2) is 45.0 Å². The molecule has 0 heterocycles. The third-order valence-electron chi connectivity index (χ3n) is 1.98. The second kappa shape index (κ2) is 10.4. The summed E-state index contributed by atoms with van der Waals surface area (Å²) in [6.07, 6.45) is 1.06. The molecule has 5 nitrogen and oxygen atoms in total. The first-order valence-corrected chi connectivity index (χ1v) is 9.54. The van der Waals surface area contributed by atoms with Gasteiger partial charge >= 0.3 is 8.97 Å². The van der Waals surface area contributed by atoms with E-state index in [1.807, 2.05) is 20.8 Å². The normalized spacial score (nSPS) is 12.8. The fourth-order valence-electron chi connectivity index (χ4n) is 1.36. The fraction of sp³-hybridized carbons (Fsp3) is 1.00. The van der Waals surface area contributed by atoms with E-state index in [4.69, 9.17) is 19.0 Å². The largest absolute Gasteiger partial charge is 0.589 e. The van der Waals surface area contributed by atoms with Crippen LogP contribution in [0.4, 0.5) is 0 Å². The number of hydrogen-bond acceptors (Lipinski definition) is 5. The van der Waals surface area contributed by atoms with Gasteiger partial charge in [0.05, 0.1) is 9.68 Å². The van der Waals surface area contributed by atoms with Gasteiger partial charge in [-0.05, 0) is 39.8 Å². The van der Waals surface area contributed by atoms with E-state index in [1.165, 1.54) is 0 Å². The van der Waals surface area contributed by atoms with Crippen LogP contribution in [0.15, 0.2) is 0 Å². The van der Waals surface area contributed by atoms with E-state index in [1.54, 1.807) is 0 Å². The molecule has 0 aromatic carbocycles. The van der Waals surface area contributed by atoms with Gasteiger partial charge in [-0.25, -0.2) is 0 Å². The molecule has 0 aromatic heterocycles. The summed E-state index contributed by atoms with van der Waals surface area (Å²) >= 11 is 0. The predicted octanol–water partition coefficient (Wildman–Crippen LogP) is -0.0280. The zero-order valence-electron chi connectivity index (χ0n) is 10.8. The van der Waals surface area contributed by atoms with Gasteiger partial charge in [-0.1, -0.05) is 0 Å². The van der Waals surface area contributed by atoms with Crippen LogP contribution in [0.5, 0.6) is 0 Å². The Kier molecular flexibility index (Phi) is 10.5. The molecule has 98 valence electrons. The van der Waals surface area contributed by atoms with Gasteiger partial charge in [-0.3, -0.25) is 4.65 Å². The summed E-state index contributed by atoms with van der Waals surface area (Å²) in [7, 11) is -2.98. The van der Waals surface area contributed by atoms with Crippen LogP contribution in [-0.2, 0) is 13.3 Å². The highest BCUT2D eigenvalue weighted by molar-refractivity contribution is 6.66. The topological polar surface area (TPSA) is 65.7 Å². The Morgan fingerprint density at radius 1 is 1.06 bits per heavy atom. The maximum absolute atomic E-state index is 5.68. The van der Waals surface area contributed by atoms with E-state index in [9.17, 15) is 0 Å². The molecule has 0 aliphatic rings. The second-order valence-electron chi connectivity index (χ2n) is 3.28. The molecular weight excluding hydrogens is 240 g/mol. The third kappa shape index (κ3) is 6.74. The molecule has 0 spiro atoms. The van der Waals surface area contributed by atoms with Crippen molar-refractivity contribution in [1.82, 2.24) is 4.65 Å². The Hall–Kier alpha value is 0.234. The molecule has 0 rings (SSSR count). The molecule has 0 saturated carbocycles. The van der Waals surface area contributed by atoms with E-state index in [0.717, 1.165) is 19.0 Å². The van der Waals surface area contributed by atoms with Crippen molar-refractivity contribution in [2.24, 2.45) is 5.73 Å². The van der Waals surface area contributed by atoms with Gasteiger partial charge in [-0.2, -0.15) is 0 Å². The van der Waals surface area contributed by atoms with Gasteiger partial charge in [-0.15, -0.1) is 0 Å². The zero-order valence-corrected chi connectivity index (χ0v) is 13.2. The lowest BCUT2D eigenvalue weighted by atomic mass is 10.5. The van der Waals surface area contributed by atoms with Crippen molar-refractivity contribution < 1.29 is 13.3 Å². The van der Waals surface area contributed by atoms with Crippen molar-refractivity contribution in [1.29, 1.82) is 0 Å². The van der Waals surface area contributed by atoms with Crippen LogP contribution in [0.1, 0.15) is 27.2 Å². The number of rotatable bonds is 11. The van der Waals surface area contributed by atoms with Crippen LogP contribution < -0.4 is 10.4 Å². The minimum atomic E-state index is -2.57. The lowest BCUT2D eigenvalue weighted by Gasteiger charge is -2.28. The first kappa shape index (κ1) is 16.2. The van der Waals surface area contributed by atoms with Crippen LogP contribution in [0.2, 0.25) is 6.04 Å². The van der Waals surface area contributed by atoms with Gasteiger partial charge in [0, 0.05) is 19.8 Å². The highest BCUT2D eigenvalue weighted by Crippen LogP contribution is 2.06. The zero-order chi connectivity index (χ0) is 12.3. The maximum atomic E-state index is 5.68. The summed E-state index contributed by atoms with van der Waals surface area (Å²) < 4.78 is 20.5. The lowest BCUT2D eigenvalue weighted by Crippen LogP contribution is -2.60. The minimum Gasteiger partial charge on any atom is -0.362 e. The van der Waals surface area contributed by atoms with E-state index in [2.05, 4.69) is 4.65 Å². The molecule has 0 amide bonds. The number of nitrogens with one attached hydrogen (secondary N) is 1. The molecular formula is C9H26N2O3Si2. The molecule has 0 aliphatic heterocycles. The smallest absolute Gasteiger partial charge is 0.362 e. The van der Waals surface area contributed by atoms with Gasteiger partial charge in [0.25, 0.3) is 0 Å². The van der Waals surface area contributed by atoms with Crippen molar-refractivity contribution in [3.63, 3.8) is 0 Å². The van der Waals surface area contributed by atoms with E-state index < -0.39 is 18.6 Å². The highest BCUT2D eigenvalue weighted by atomic mass is 28.4. The number of nitrogens with two attached hydrogens (primary N) is 1. The molecule has 0 radical (unpaired) electrons. The Bertz CT molecular complexity index is 147. The van der Waals surface area contributed by atoms with E-state index in [-0.39, 0.29) is 0 Å². The quantitative estimate of drug-likeness (QED) is 0.406. The summed E-state index contributed by atoms with van der Waals surface area (Å²) in [5.41, 5.74) is 5.47. The molecule has 0 fully saturated rings. The summed E-state index contributed by atoms with van der Waals surface area (Å²) in [4.78, 5) is 0. The van der Waals surface area contributed by atoms with Crippen LogP contribution in [0.3, 0.4) is 0 Å². The Morgan fingerprint density at radius 3 is 1.94 bits per heavy atom. The summed E-state index contributed by atoms with van der Waals surface area (Å²) in [5.74, 6) is 0. The van der Waals surface area contributed by atoms with Gasteiger partial charge < -0.3 is 19.0 Å². The summed E-state index contributed by atoms with van der Waals surface area (Å²) in [6.45, 7) is 8.48. The molecule has 0 saturated heterocycles.